The second kappa shape index (κ2) is 15.1. The third kappa shape index (κ3) is 5.90. The quantitative estimate of drug-likeness (QED) is 0.130. The van der Waals surface area contributed by atoms with Gasteiger partial charge in [0.15, 0.2) is 34.2 Å². The smallest absolute Gasteiger partial charge is 0.302 e. The number of nitrogens with zero attached hydrogens (tertiary/aromatic N) is 4. The number of thiophene rings is 1. The standard InChI is InChI=1S/C61H50N4OSSi/c1-36(2)47-33-52-42-17-8-7-16-41(42)44-31-30-40-32-48(39-28-26-38(34-62)27-29-39)57-46-19-10-14-25-54(46)67-60(57)56(40)61-64(37(3)58(44)63(52)35-55(47)68(4,5)6)49-21-11-12-22-50(49)65(61)51-23-15-20-45-43-18-9-13-24-53(43)66-59(45)51/h7-29,32-33,35-36,44,58H,3,30-31H2,1-2,4-6H3/q+2. The van der Waals surface area contributed by atoms with Crippen LogP contribution >= 0.6 is 11.3 Å². The predicted molar refractivity (Wildman–Crippen MR) is 284 cm³/mol. The van der Waals surface area contributed by atoms with Crippen LogP contribution in [0.2, 0.25) is 19.6 Å². The van der Waals surface area contributed by atoms with E-state index in [0.29, 0.717) is 11.5 Å². The Morgan fingerprint density at radius 1 is 0.794 bits per heavy atom. The molecule has 0 saturated carbocycles. The monoisotopic (exact) mass is 914 g/mol. The molecular weight excluding hydrogens is 865 g/mol. The van der Waals surface area contributed by atoms with Crippen LogP contribution in [-0.4, -0.2) is 12.6 Å². The molecule has 328 valence electrons. The van der Waals surface area contributed by atoms with Gasteiger partial charge < -0.3 is 4.42 Å². The Labute approximate surface area is 401 Å². The van der Waals surface area contributed by atoms with Crippen molar-refractivity contribution in [3.63, 3.8) is 0 Å². The van der Waals surface area contributed by atoms with Crippen LogP contribution in [-0.2, 0) is 6.42 Å². The number of aryl methyl sites for hydroxylation is 1. The molecule has 7 aromatic carbocycles. The normalized spacial score (nSPS) is 15.8. The first-order valence-corrected chi connectivity index (χ1v) is 28.2. The highest BCUT2D eigenvalue weighted by Gasteiger charge is 2.49. The Morgan fingerprint density at radius 2 is 1.53 bits per heavy atom. The Kier molecular flexibility index (Phi) is 9.05. The van der Waals surface area contributed by atoms with Gasteiger partial charge in [-0.3, -0.25) is 0 Å². The largest absolute Gasteiger partial charge is 0.452 e. The van der Waals surface area contributed by atoms with Crippen LogP contribution in [0.4, 0.5) is 0 Å². The summed E-state index contributed by atoms with van der Waals surface area (Å²) in [7, 11) is -1.83. The molecule has 2 atom stereocenters. The highest BCUT2D eigenvalue weighted by Crippen LogP contribution is 2.51. The number of benzene rings is 7. The molecule has 0 fully saturated rings. The summed E-state index contributed by atoms with van der Waals surface area (Å²) >= 11 is 1.88. The van der Waals surface area contributed by atoms with Gasteiger partial charge in [-0.1, -0.05) is 124 Å². The third-order valence-corrected chi connectivity index (χ3v) is 18.2. The summed E-state index contributed by atoms with van der Waals surface area (Å²) in [4.78, 5) is 0. The van der Waals surface area contributed by atoms with Gasteiger partial charge in [-0.25, -0.2) is 0 Å². The van der Waals surface area contributed by atoms with E-state index in [1.54, 1.807) is 0 Å². The number of allylic oxidation sites excluding steroid dienone is 1. The maximum atomic E-state index is 9.87. The number of imidazole rings is 1. The first-order valence-electron chi connectivity index (χ1n) is 23.9. The minimum absolute atomic E-state index is 0.0913. The summed E-state index contributed by atoms with van der Waals surface area (Å²) < 4.78 is 17.1. The summed E-state index contributed by atoms with van der Waals surface area (Å²) in [5.41, 5.74) is 16.8. The van der Waals surface area contributed by atoms with E-state index in [-0.39, 0.29) is 12.0 Å². The van der Waals surface area contributed by atoms with Gasteiger partial charge in [0.05, 0.1) is 35.9 Å². The molecule has 68 heavy (non-hydrogen) atoms. The average Bonchev–Trinajstić information content (AvgIpc) is 4.05. The van der Waals surface area contributed by atoms with Crippen molar-refractivity contribution >= 4 is 83.4 Å². The van der Waals surface area contributed by atoms with Gasteiger partial charge in [-0.05, 0) is 108 Å². The maximum Gasteiger partial charge on any atom is 0.302 e. The van der Waals surface area contributed by atoms with Gasteiger partial charge in [0.2, 0.25) is 11.7 Å². The molecule has 4 aromatic heterocycles. The lowest BCUT2D eigenvalue weighted by Crippen LogP contribution is -2.57. The summed E-state index contributed by atoms with van der Waals surface area (Å²) in [5, 5.41) is 16.0. The van der Waals surface area contributed by atoms with Crippen molar-refractivity contribution in [1.82, 2.24) is 4.57 Å². The number of para-hydroxylation sites is 4. The van der Waals surface area contributed by atoms with Crippen LogP contribution in [0.3, 0.4) is 0 Å². The van der Waals surface area contributed by atoms with E-state index in [4.69, 9.17) is 11.0 Å². The van der Waals surface area contributed by atoms with Crippen molar-refractivity contribution in [2.45, 2.75) is 64.2 Å². The Bertz CT molecular complexity index is 3990. The molecule has 5 nitrogen and oxygen atoms in total. The zero-order valence-corrected chi connectivity index (χ0v) is 40.8. The molecule has 7 heteroatoms. The van der Waals surface area contributed by atoms with E-state index in [1.807, 2.05) is 23.5 Å². The van der Waals surface area contributed by atoms with E-state index >= 15 is 0 Å². The molecule has 0 amide bonds. The van der Waals surface area contributed by atoms with Gasteiger partial charge in [-0.15, -0.1) is 11.3 Å². The van der Waals surface area contributed by atoms with Crippen LogP contribution in [0.5, 0.6) is 0 Å². The van der Waals surface area contributed by atoms with E-state index in [1.165, 1.54) is 64.4 Å². The van der Waals surface area contributed by atoms with Crippen LogP contribution in [0, 0.1) is 11.3 Å². The van der Waals surface area contributed by atoms with E-state index in [2.05, 4.69) is 199 Å². The van der Waals surface area contributed by atoms with Crippen LogP contribution in [0.15, 0.2) is 169 Å². The summed E-state index contributed by atoms with van der Waals surface area (Å²) in [6.07, 6.45) is 4.31. The molecule has 0 N–H and O–H groups in total. The second-order valence-corrected chi connectivity index (χ2v) is 26.3. The molecule has 13 rings (SSSR count). The molecule has 0 aliphatic carbocycles. The maximum absolute atomic E-state index is 9.87. The van der Waals surface area contributed by atoms with Crippen molar-refractivity contribution in [2.24, 2.45) is 0 Å². The lowest BCUT2D eigenvalue weighted by atomic mass is 9.78. The lowest BCUT2D eigenvalue weighted by Gasteiger charge is -2.32. The van der Waals surface area contributed by atoms with Crippen molar-refractivity contribution in [2.75, 3.05) is 0 Å². The molecule has 0 spiro atoms. The molecule has 0 radical (unpaired) electrons. The van der Waals surface area contributed by atoms with Crippen LogP contribution < -0.4 is 14.3 Å². The molecule has 2 aliphatic heterocycles. The first kappa shape index (κ1) is 40.9. The molecule has 11 aromatic rings. The Balaban J connectivity index is 1.21. The van der Waals surface area contributed by atoms with Crippen molar-refractivity contribution in [1.29, 1.82) is 5.26 Å². The number of furan rings is 1. The van der Waals surface area contributed by atoms with Gasteiger partial charge in [0.25, 0.3) is 0 Å². The Hall–Kier alpha value is -7.37. The summed E-state index contributed by atoms with van der Waals surface area (Å²) in [6, 6.07) is 57.4. The van der Waals surface area contributed by atoms with Gasteiger partial charge in [0.1, 0.15) is 5.58 Å². The number of rotatable bonds is 4. The van der Waals surface area contributed by atoms with Crippen molar-refractivity contribution in [3.8, 4) is 45.5 Å². The summed E-state index contributed by atoms with van der Waals surface area (Å²) in [6.45, 7) is 17.5. The fourth-order valence-electron chi connectivity index (χ4n) is 11.9. The number of pyridine rings is 1. The average molecular weight is 915 g/mol. The van der Waals surface area contributed by atoms with Gasteiger partial charge in [-0.2, -0.15) is 19.0 Å². The fourth-order valence-corrected chi connectivity index (χ4v) is 14.9. The minimum Gasteiger partial charge on any atom is -0.452 e. The van der Waals surface area contributed by atoms with Gasteiger partial charge >= 0.3 is 5.82 Å². The zero-order chi connectivity index (χ0) is 46.2. The van der Waals surface area contributed by atoms with Crippen LogP contribution in [0.25, 0.3) is 98.3 Å². The SMILES string of the molecule is C=C1C2C(CCc3cc(-c4ccc(C#N)cc4)c4c(sc5ccccc54)c3-c3n(-c4cccc5c4oc4ccccc45)c4ccccc4[n+]31)c1ccccc1-c1cc(C(C)C)c([Si](C)(C)C)c[n+]12. The molecule has 0 bridgehead atoms. The topological polar surface area (TPSA) is 49.6 Å². The zero-order valence-electron chi connectivity index (χ0n) is 39.0. The number of hydrogen-bond acceptors (Lipinski definition) is 3. The van der Waals surface area contributed by atoms with E-state index in [0.717, 1.165) is 68.6 Å². The second-order valence-electron chi connectivity index (χ2n) is 20.2. The lowest BCUT2D eigenvalue weighted by molar-refractivity contribution is -0.723. The Morgan fingerprint density at radius 3 is 2.34 bits per heavy atom. The minimum atomic E-state index is -1.83. The third-order valence-electron chi connectivity index (χ3n) is 14.9. The highest BCUT2D eigenvalue weighted by molar-refractivity contribution is 7.26. The summed E-state index contributed by atoms with van der Waals surface area (Å²) in [5.74, 6) is 1.59. The number of hydrogen-bond donors (Lipinski definition) is 0. The molecule has 0 saturated heterocycles. The van der Waals surface area contributed by atoms with Crippen molar-refractivity contribution in [3.05, 3.63) is 187 Å². The molecule has 2 aliphatic rings. The number of nitriles is 1. The fraction of sp³-hybridized carbons (Fsp3) is 0.164. The van der Waals surface area contributed by atoms with Crippen molar-refractivity contribution < 1.29 is 13.6 Å². The van der Waals surface area contributed by atoms with Crippen LogP contribution in [0.1, 0.15) is 60.4 Å². The number of aromatic nitrogens is 3. The molecule has 2 unspecified atom stereocenters. The first-order chi connectivity index (χ1) is 33.1. The highest BCUT2D eigenvalue weighted by atomic mass is 32.1. The molecule has 6 heterocycles. The molecular formula is C61H50N4OSSi+2. The van der Waals surface area contributed by atoms with E-state index < -0.39 is 8.07 Å². The predicted octanol–water partition coefficient (Wildman–Crippen LogP) is 14.8. The number of fused-ring (bicyclic) bond motifs is 18. The van der Waals surface area contributed by atoms with E-state index in [9.17, 15) is 5.26 Å². The van der Waals surface area contributed by atoms with Gasteiger partial charge in [0, 0.05) is 43.1 Å².